The lowest BCUT2D eigenvalue weighted by atomic mass is 9.75. The molecule has 2 aromatic rings. The molecule has 0 unspecified atom stereocenters. The molecule has 21 heavy (non-hydrogen) atoms. The topological polar surface area (TPSA) is 12.0 Å². The van der Waals surface area contributed by atoms with Gasteiger partial charge in [0, 0.05) is 16.2 Å². The Bertz CT molecular complexity index is 602. The Hall–Kier alpha value is -1.28. The molecule has 0 aromatic heterocycles. The van der Waals surface area contributed by atoms with E-state index in [2.05, 4.69) is 76.7 Å². The molecule has 0 amide bonds. The van der Waals surface area contributed by atoms with E-state index >= 15 is 0 Å². The molecule has 110 valence electrons. The molecule has 1 fully saturated rings. The molecule has 0 bridgehead atoms. The van der Waals surface area contributed by atoms with E-state index in [4.69, 9.17) is 0 Å². The van der Waals surface area contributed by atoms with Gasteiger partial charge in [-0.3, -0.25) is 0 Å². The van der Waals surface area contributed by atoms with Gasteiger partial charge in [0.15, 0.2) is 0 Å². The molecule has 1 nitrogen and oxygen atoms in total. The van der Waals surface area contributed by atoms with Gasteiger partial charge in [-0.2, -0.15) is 0 Å². The fourth-order valence-corrected chi connectivity index (χ4v) is 3.55. The summed E-state index contributed by atoms with van der Waals surface area (Å²) in [6, 6.07) is 18.1. The number of hydrogen-bond acceptors (Lipinski definition) is 1. The lowest BCUT2D eigenvalue weighted by Crippen LogP contribution is -2.34. The summed E-state index contributed by atoms with van der Waals surface area (Å²) in [5.74, 6) is 0.707. The van der Waals surface area contributed by atoms with Crippen LogP contribution in [0.2, 0.25) is 0 Å². The maximum absolute atomic E-state index is 3.73. The lowest BCUT2D eigenvalue weighted by Gasteiger charge is -2.37. The average Bonchev–Trinajstić information content (AvgIpc) is 2.44. The van der Waals surface area contributed by atoms with Crippen LogP contribution < -0.4 is 5.32 Å². The van der Waals surface area contributed by atoms with E-state index < -0.39 is 0 Å². The molecule has 0 radical (unpaired) electrons. The van der Waals surface area contributed by atoms with Crippen molar-refractivity contribution in [1.82, 2.24) is 0 Å². The normalized spacial score (nSPS) is 20.9. The Morgan fingerprint density at radius 2 is 1.90 bits per heavy atom. The quantitative estimate of drug-likeness (QED) is 0.727. The summed E-state index contributed by atoms with van der Waals surface area (Å²) < 4.78 is 1.18. The predicted octanol–water partition coefficient (Wildman–Crippen LogP) is 5.76. The fourth-order valence-electron chi connectivity index (χ4n) is 3.14. The number of halogens is 1. The summed E-state index contributed by atoms with van der Waals surface area (Å²) in [7, 11) is 0. The number of rotatable bonds is 5. The summed E-state index contributed by atoms with van der Waals surface area (Å²) in [5.41, 5.74) is 4.24. The van der Waals surface area contributed by atoms with Crippen LogP contribution in [0.15, 0.2) is 53.0 Å². The van der Waals surface area contributed by atoms with E-state index in [1.54, 1.807) is 0 Å². The van der Waals surface area contributed by atoms with Crippen LogP contribution in [0.3, 0.4) is 0 Å². The van der Waals surface area contributed by atoms with Gasteiger partial charge in [-0.25, -0.2) is 0 Å². The third kappa shape index (κ3) is 3.49. The first kappa shape index (κ1) is 14.6. The Labute approximate surface area is 135 Å². The maximum atomic E-state index is 3.73. The van der Waals surface area contributed by atoms with E-state index in [0.29, 0.717) is 12.0 Å². The van der Waals surface area contributed by atoms with Gasteiger partial charge in [0.1, 0.15) is 0 Å². The molecule has 0 aliphatic heterocycles. The van der Waals surface area contributed by atoms with E-state index in [0.717, 1.165) is 6.42 Å². The van der Waals surface area contributed by atoms with Gasteiger partial charge < -0.3 is 5.32 Å². The van der Waals surface area contributed by atoms with Gasteiger partial charge in [-0.1, -0.05) is 59.6 Å². The standard InChI is InChI=1S/C19H22BrN/c1-2-6-14-7-3-4-10-19(14)21-18-12-16(13-18)15-8-5-9-17(20)11-15/h3-5,7-11,16,18,21H,2,6,12-13H2,1H3. The van der Waals surface area contributed by atoms with Gasteiger partial charge in [-0.15, -0.1) is 0 Å². The number of para-hydroxylation sites is 1. The first-order valence-electron chi connectivity index (χ1n) is 7.86. The van der Waals surface area contributed by atoms with Crippen LogP contribution in [0.5, 0.6) is 0 Å². The van der Waals surface area contributed by atoms with Crippen molar-refractivity contribution in [3.05, 3.63) is 64.1 Å². The minimum atomic E-state index is 0.618. The van der Waals surface area contributed by atoms with Crippen LogP contribution in [0.1, 0.15) is 43.2 Å². The fraction of sp³-hybridized carbons (Fsp3) is 0.368. The Balaban J connectivity index is 1.60. The van der Waals surface area contributed by atoms with Crippen LogP contribution >= 0.6 is 15.9 Å². The van der Waals surface area contributed by atoms with Crippen LogP contribution in [-0.2, 0) is 6.42 Å². The van der Waals surface area contributed by atoms with Crippen molar-refractivity contribution in [3.63, 3.8) is 0 Å². The van der Waals surface area contributed by atoms with Crippen molar-refractivity contribution >= 4 is 21.6 Å². The molecule has 0 atom stereocenters. The summed E-state index contributed by atoms with van der Waals surface area (Å²) in [6.45, 7) is 2.24. The van der Waals surface area contributed by atoms with E-state index in [1.165, 1.54) is 40.5 Å². The van der Waals surface area contributed by atoms with Crippen LogP contribution in [0.4, 0.5) is 5.69 Å². The summed E-state index contributed by atoms with van der Waals surface area (Å²) in [4.78, 5) is 0. The first-order valence-corrected chi connectivity index (χ1v) is 8.65. The van der Waals surface area contributed by atoms with Crippen molar-refractivity contribution in [2.45, 2.75) is 44.6 Å². The second-order valence-electron chi connectivity index (χ2n) is 5.97. The highest BCUT2D eigenvalue weighted by Crippen LogP contribution is 2.39. The van der Waals surface area contributed by atoms with Gasteiger partial charge in [-0.05, 0) is 54.5 Å². The highest BCUT2D eigenvalue weighted by atomic mass is 79.9. The summed E-state index contributed by atoms with van der Waals surface area (Å²) in [6.07, 6.45) is 4.82. The van der Waals surface area contributed by atoms with Crippen molar-refractivity contribution in [3.8, 4) is 0 Å². The lowest BCUT2D eigenvalue weighted by molar-refractivity contribution is 0.374. The van der Waals surface area contributed by atoms with Crippen molar-refractivity contribution in [2.24, 2.45) is 0 Å². The second-order valence-corrected chi connectivity index (χ2v) is 6.89. The molecule has 1 saturated carbocycles. The minimum absolute atomic E-state index is 0.618. The van der Waals surface area contributed by atoms with Crippen LogP contribution in [0.25, 0.3) is 0 Å². The smallest absolute Gasteiger partial charge is 0.0374 e. The number of anilines is 1. The zero-order valence-electron chi connectivity index (χ0n) is 12.5. The number of hydrogen-bond donors (Lipinski definition) is 1. The molecule has 2 heteroatoms. The molecule has 2 aromatic carbocycles. The molecule has 0 heterocycles. The second kappa shape index (κ2) is 6.65. The molecule has 1 aliphatic carbocycles. The van der Waals surface area contributed by atoms with Gasteiger partial charge in [0.25, 0.3) is 0 Å². The van der Waals surface area contributed by atoms with E-state index in [9.17, 15) is 0 Å². The number of nitrogens with one attached hydrogen (secondary N) is 1. The molecule has 1 aliphatic rings. The Morgan fingerprint density at radius 1 is 1.10 bits per heavy atom. The SMILES string of the molecule is CCCc1ccccc1NC1CC(c2cccc(Br)c2)C1. The van der Waals surface area contributed by atoms with Crippen molar-refractivity contribution in [1.29, 1.82) is 0 Å². The van der Waals surface area contributed by atoms with Crippen molar-refractivity contribution < 1.29 is 0 Å². The van der Waals surface area contributed by atoms with Gasteiger partial charge >= 0.3 is 0 Å². The third-order valence-electron chi connectivity index (χ3n) is 4.35. The van der Waals surface area contributed by atoms with Crippen molar-refractivity contribution in [2.75, 3.05) is 5.32 Å². The molecule has 3 rings (SSSR count). The molecule has 0 spiro atoms. The maximum Gasteiger partial charge on any atom is 0.0374 e. The Kier molecular flexibility index (Phi) is 4.64. The highest BCUT2D eigenvalue weighted by Gasteiger charge is 2.30. The van der Waals surface area contributed by atoms with Crippen LogP contribution in [0, 0.1) is 0 Å². The predicted molar refractivity (Wildman–Crippen MR) is 94.0 cm³/mol. The molecular weight excluding hydrogens is 322 g/mol. The van der Waals surface area contributed by atoms with Gasteiger partial charge in [0.2, 0.25) is 0 Å². The number of aryl methyl sites for hydroxylation is 1. The highest BCUT2D eigenvalue weighted by molar-refractivity contribution is 9.10. The largest absolute Gasteiger partial charge is 0.382 e. The van der Waals surface area contributed by atoms with E-state index in [-0.39, 0.29) is 0 Å². The zero-order valence-corrected chi connectivity index (χ0v) is 14.1. The third-order valence-corrected chi connectivity index (χ3v) is 4.85. The first-order chi connectivity index (χ1) is 10.3. The van der Waals surface area contributed by atoms with E-state index in [1.807, 2.05) is 0 Å². The molecule has 0 saturated heterocycles. The average molecular weight is 344 g/mol. The monoisotopic (exact) mass is 343 g/mol. The molecule has 1 N–H and O–H groups in total. The number of benzene rings is 2. The summed E-state index contributed by atoms with van der Waals surface area (Å²) >= 11 is 3.56. The zero-order chi connectivity index (χ0) is 14.7. The minimum Gasteiger partial charge on any atom is -0.382 e. The molecular formula is C19H22BrN. The van der Waals surface area contributed by atoms with Gasteiger partial charge in [0.05, 0.1) is 0 Å². The Morgan fingerprint density at radius 3 is 2.67 bits per heavy atom. The van der Waals surface area contributed by atoms with Crippen LogP contribution in [-0.4, -0.2) is 6.04 Å². The summed E-state index contributed by atoms with van der Waals surface area (Å²) in [5, 5.41) is 3.73.